The third-order valence-electron chi connectivity index (χ3n) is 3.08. The molecular weight excluding hydrogens is 246 g/mol. The minimum atomic E-state index is -0.289. The summed E-state index contributed by atoms with van der Waals surface area (Å²) >= 11 is 0. The van der Waals surface area contributed by atoms with Gasteiger partial charge in [-0.3, -0.25) is 9.69 Å². The van der Waals surface area contributed by atoms with Crippen molar-refractivity contribution in [1.82, 2.24) is 14.9 Å². The predicted octanol–water partition coefficient (Wildman–Crippen LogP) is -0.997. The monoisotopic (exact) mass is 265 g/mol. The zero-order chi connectivity index (χ0) is 13.8. The maximum absolute atomic E-state index is 10.8. The van der Waals surface area contributed by atoms with E-state index in [1.807, 2.05) is 4.90 Å². The van der Waals surface area contributed by atoms with Gasteiger partial charge in [-0.25, -0.2) is 0 Å². The van der Waals surface area contributed by atoms with Crippen LogP contribution in [0.3, 0.4) is 0 Å². The van der Waals surface area contributed by atoms with Gasteiger partial charge >= 0.3 is 0 Å². The Hall–Kier alpha value is -2.09. The van der Waals surface area contributed by atoms with Crippen LogP contribution in [0.25, 0.3) is 0 Å². The van der Waals surface area contributed by atoms with E-state index in [2.05, 4.69) is 15.3 Å². The number of hydrogen-bond donors (Lipinski definition) is 4. The van der Waals surface area contributed by atoms with Gasteiger partial charge in [0.1, 0.15) is 11.6 Å². The van der Waals surface area contributed by atoms with Crippen LogP contribution in [0.4, 0.5) is 17.6 Å². The van der Waals surface area contributed by atoms with Gasteiger partial charge in [0.15, 0.2) is 0 Å². The third-order valence-corrected chi connectivity index (χ3v) is 3.08. The van der Waals surface area contributed by atoms with Crippen molar-refractivity contribution in [2.45, 2.75) is 18.9 Å². The lowest BCUT2D eigenvalue weighted by Gasteiger charge is -2.31. The fourth-order valence-corrected chi connectivity index (χ4v) is 2.22. The highest BCUT2D eigenvalue weighted by molar-refractivity contribution is 5.75. The van der Waals surface area contributed by atoms with Crippen molar-refractivity contribution in [1.29, 1.82) is 0 Å². The maximum Gasteiger partial charge on any atom is 0.231 e. The largest absolute Gasteiger partial charge is 0.383 e. The van der Waals surface area contributed by atoms with Crippen LogP contribution in [0.2, 0.25) is 0 Å². The molecule has 7 N–H and O–H groups in total. The number of likely N-dealkylation sites (tertiary alicyclic amines) is 1. The second kappa shape index (κ2) is 5.70. The van der Waals surface area contributed by atoms with E-state index in [9.17, 15) is 4.79 Å². The number of nitrogen functional groups attached to an aromatic ring is 2. The Morgan fingerprint density at radius 3 is 2.63 bits per heavy atom. The van der Waals surface area contributed by atoms with E-state index < -0.39 is 0 Å². The van der Waals surface area contributed by atoms with Crippen molar-refractivity contribution >= 4 is 23.5 Å². The lowest BCUT2D eigenvalue weighted by molar-refractivity contribution is -0.119. The molecule has 1 saturated heterocycles. The number of nitrogens with zero attached hydrogens (tertiary/aromatic N) is 3. The van der Waals surface area contributed by atoms with E-state index in [1.54, 1.807) is 6.07 Å². The number of primary amides is 1. The fraction of sp³-hybridized carbons (Fsp3) is 0.545. The number of nitrogens with one attached hydrogen (secondary N) is 1. The fourth-order valence-electron chi connectivity index (χ4n) is 2.22. The number of amides is 1. The van der Waals surface area contributed by atoms with Crippen molar-refractivity contribution < 1.29 is 4.79 Å². The van der Waals surface area contributed by atoms with Gasteiger partial charge in [0.25, 0.3) is 0 Å². The molecule has 2 heterocycles. The van der Waals surface area contributed by atoms with Crippen LogP contribution >= 0.6 is 0 Å². The van der Waals surface area contributed by atoms with Gasteiger partial charge in [0.2, 0.25) is 11.9 Å². The lowest BCUT2D eigenvalue weighted by atomic mass is 10.1. The Bertz CT molecular complexity index is 436. The van der Waals surface area contributed by atoms with Crippen LogP contribution in [-0.4, -0.2) is 46.5 Å². The second-order valence-corrected chi connectivity index (χ2v) is 4.70. The minimum absolute atomic E-state index is 0.161. The summed E-state index contributed by atoms with van der Waals surface area (Å²) < 4.78 is 0. The topological polar surface area (TPSA) is 136 Å². The first-order valence-electron chi connectivity index (χ1n) is 6.20. The molecule has 1 aromatic rings. The molecule has 19 heavy (non-hydrogen) atoms. The Morgan fingerprint density at radius 2 is 2.05 bits per heavy atom. The Balaban J connectivity index is 1.86. The van der Waals surface area contributed by atoms with Gasteiger partial charge in [-0.05, 0) is 12.8 Å². The first-order valence-corrected chi connectivity index (χ1v) is 6.20. The van der Waals surface area contributed by atoms with Crippen LogP contribution in [0.5, 0.6) is 0 Å². The average molecular weight is 265 g/mol. The van der Waals surface area contributed by atoms with Crippen LogP contribution in [0.15, 0.2) is 6.07 Å². The predicted molar refractivity (Wildman–Crippen MR) is 73.1 cm³/mol. The van der Waals surface area contributed by atoms with Crippen molar-refractivity contribution in [2.75, 3.05) is 36.4 Å². The number of nitrogens with two attached hydrogens (primary N) is 3. The summed E-state index contributed by atoms with van der Waals surface area (Å²) in [5, 5.41) is 3.28. The van der Waals surface area contributed by atoms with Crippen LogP contribution < -0.4 is 22.5 Å². The van der Waals surface area contributed by atoms with Crippen molar-refractivity contribution in [3.05, 3.63) is 6.07 Å². The highest BCUT2D eigenvalue weighted by Crippen LogP contribution is 2.16. The molecule has 0 unspecified atom stereocenters. The standard InChI is InChI=1S/C11H19N7O/c12-8-5-10(17-11(14)16-8)15-7-1-3-18(4-2-7)6-9(13)19/h5,7H,1-4,6H2,(H2,13,19)(H5,12,14,15,16,17). The number of hydrogen-bond acceptors (Lipinski definition) is 7. The maximum atomic E-state index is 10.8. The minimum Gasteiger partial charge on any atom is -0.383 e. The highest BCUT2D eigenvalue weighted by Gasteiger charge is 2.20. The van der Waals surface area contributed by atoms with E-state index in [1.165, 1.54) is 0 Å². The molecular formula is C11H19N7O. The van der Waals surface area contributed by atoms with Crippen LogP contribution in [0, 0.1) is 0 Å². The van der Waals surface area contributed by atoms with Gasteiger partial charge in [-0.15, -0.1) is 0 Å². The highest BCUT2D eigenvalue weighted by atomic mass is 16.1. The molecule has 0 aromatic carbocycles. The third kappa shape index (κ3) is 3.95. The first kappa shape index (κ1) is 13.3. The Labute approximate surface area is 111 Å². The van der Waals surface area contributed by atoms with E-state index >= 15 is 0 Å². The van der Waals surface area contributed by atoms with E-state index in [0.29, 0.717) is 18.2 Å². The number of piperidine rings is 1. The molecule has 1 aromatic heterocycles. The summed E-state index contributed by atoms with van der Waals surface area (Å²) in [4.78, 5) is 20.8. The van der Waals surface area contributed by atoms with Crippen molar-refractivity contribution in [3.8, 4) is 0 Å². The summed E-state index contributed by atoms with van der Waals surface area (Å²) in [6.45, 7) is 1.98. The number of rotatable bonds is 4. The van der Waals surface area contributed by atoms with Gasteiger partial charge in [0.05, 0.1) is 6.54 Å². The molecule has 0 saturated carbocycles. The normalized spacial score (nSPS) is 17.3. The molecule has 0 bridgehead atoms. The molecule has 0 spiro atoms. The van der Waals surface area contributed by atoms with Gasteiger partial charge in [-0.2, -0.15) is 9.97 Å². The molecule has 2 rings (SSSR count). The van der Waals surface area contributed by atoms with E-state index in [0.717, 1.165) is 25.9 Å². The lowest BCUT2D eigenvalue weighted by Crippen LogP contribution is -2.43. The Kier molecular flexibility index (Phi) is 4.00. The van der Waals surface area contributed by atoms with Crippen LogP contribution in [0.1, 0.15) is 12.8 Å². The van der Waals surface area contributed by atoms with E-state index in [4.69, 9.17) is 17.2 Å². The Morgan fingerprint density at radius 1 is 1.37 bits per heavy atom. The molecule has 1 amide bonds. The molecule has 104 valence electrons. The molecule has 0 atom stereocenters. The number of carbonyl (C=O) groups excluding carboxylic acids is 1. The van der Waals surface area contributed by atoms with Gasteiger partial charge in [0, 0.05) is 25.2 Å². The van der Waals surface area contributed by atoms with Crippen molar-refractivity contribution in [2.24, 2.45) is 5.73 Å². The van der Waals surface area contributed by atoms with E-state index in [-0.39, 0.29) is 17.9 Å². The second-order valence-electron chi connectivity index (χ2n) is 4.70. The summed E-state index contributed by atoms with van der Waals surface area (Å²) in [6, 6.07) is 1.95. The summed E-state index contributed by atoms with van der Waals surface area (Å²) in [5.41, 5.74) is 16.3. The molecule has 0 aliphatic carbocycles. The van der Waals surface area contributed by atoms with Gasteiger partial charge in [-0.1, -0.05) is 0 Å². The molecule has 1 aliphatic heterocycles. The number of carbonyl (C=O) groups is 1. The molecule has 1 fully saturated rings. The average Bonchev–Trinajstić information content (AvgIpc) is 2.29. The summed E-state index contributed by atoms with van der Waals surface area (Å²) in [5.74, 6) is 0.857. The first-order chi connectivity index (χ1) is 9.02. The molecule has 1 aliphatic rings. The van der Waals surface area contributed by atoms with Gasteiger partial charge < -0.3 is 22.5 Å². The molecule has 0 radical (unpaired) electrons. The SMILES string of the molecule is NC(=O)CN1CCC(Nc2cc(N)nc(N)n2)CC1. The number of aromatic nitrogens is 2. The number of anilines is 3. The molecule has 8 nitrogen and oxygen atoms in total. The smallest absolute Gasteiger partial charge is 0.231 e. The van der Waals surface area contributed by atoms with Crippen LogP contribution in [-0.2, 0) is 4.79 Å². The summed E-state index contributed by atoms with van der Waals surface area (Å²) in [6.07, 6.45) is 1.83. The summed E-state index contributed by atoms with van der Waals surface area (Å²) in [7, 11) is 0. The van der Waals surface area contributed by atoms with Crippen molar-refractivity contribution in [3.63, 3.8) is 0 Å². The molecule has 8 heteroatoms. The quantitative estimate of drug-likeness (QED) is 0.548. The zero-order valence-electron chi connectivity index (χ0n) is 10.7. The zero-order valence-corrected chi connectivity index (χ0v) is 10.7.